The van der Waals surface area contributed by atoms with E-state index in [0.29, 0.717) is 55.6 Å². The van der Waals surface area contributed by atoms with Gasteiger partial charge in [-0.1, -0.05) is 24.4 Å². The van der Waals surface area contributed by atoms with Crippen LogP contribution in [0.5, 0.6) is 0 Å². The van der Waals surface area contributed by atoms with Crippen LogP contribution in [0, 0.1) is 0 Å². The largest absolute Gasteiger partial charge is 0.325 e. The van der Waals surface area contributed by atoms with E-state index in [0.717, 1.165) is 0 Å². The average Bonchev–Trinajstić information content (AvgIpc) is 3.38. The van der Waals surface area contributed by atoms with Gasteiger partial charge in [-0.05, 0) is 36.4 Å². The first-order chi connectivity index (χ1) is 12.6. The molecular weight excluding hydrogens is 368 g/mol. The highest BCUT2D eigenvalue weighted by Crippen LogP contribution is 2.20. The Bertz CT molecular complexity index is 1160. The molecule has 0 atom stereocenters. The Hall–Kier alpha value is -3.24. The number of aromatic amines is 3. The predicted octanol–water partition coefficient (Wildman–Crippen LogP) is 1.99. The van der Waals surface area contributed by atoms with Gasteiger partial charge in [0.1, 0.15) is 44.0 Å². The third-order valence-corrected chi connectivity index (χ3v) is 4.71. The number of amidine groups is 2. The first-order valence-corrected chi connectivity index (χ1v) is 8.50. The molecule has 3 aromatic rings. The lowest BCUT2D eigenvalue weighted by Crippen LogP contribution is -2.22. The Morgan fingerprint density at radius 3 is 1.42 bits per heavy atom. The van der Waals surface area contributed by atoms with E-state index in [-0.39, 0.29) is 0 Å². The van der Waals surface area contributed by atoms with Crippen LogP contribution in [0.3, 0.4) is 0 Å². The number of aliphatic imine (C=N–C) groups is 2. The summed E-state index contributed by atoms with van der Waals surface area (Å²) >= 11 is 10.8. The fraction of sp³-hybridized carbons (Fsp3) is 0. The number of H-pyrrole nitrogens is 3. The molecular formula is C16H10N8S2. The van der Waals surface area contributed by atoms with Crippen molar-refractivity contribution in [1.29, 1.82) is 0 Å². The van der Waals surface area contributed by atoms with E-state index in [1.165, 1.54) is 0 Å². The molecule has 0 unspecified atom stereocenters. The van der Waals surface area contributed by atoms with Crippen molar-refractivity contribution in [2.45, 2.75) is 0 Å². The van der Waals surface area contributed by atoms with Gasteiger partial charge in [-0.25, -0.2) is 20.0 Å². The second kappa shape index (κ2) is 5.64. The molecule has 0 aromatic carbocycles. The second-order valence-corrected chi connectivity index (χ2v) is 6.43. The maximum Gasteiger partial charge on any atom is 0.153 e. The average molecular weight is 378 g/mol. The molecule has 5 rings (SSSR count). The minimum absolute atomic E-state index is 0.459. The van der Waals surface area contributed by atoms with Crippen molar-refractivity contribution in [3.63, 3.8) is 0 Å². The highest BCUT2D eigenvalue weighted by Gasteiger charge is 2.27. The van der Waals surface area contributed by atoms with E-state index in [9.17, 15) is 0 Å². The lowest BCUT2D eigenvalue weighted by atomic mass is 10.3. The fourth-order valence-electron chi connectivity index (χ4n) is 2.61. The molecule has 8 nitrogen and oxygen atoms in total. The van der Waals surface area contributed by atoms with Crippen molar-refractivity contribution in [2.24, 2.45) is 20.0 Å². The first-order valence-electron chi connectivity index (χ1n) is 7.68. The summed E-state index contributed by atoms with van der Waals surface area (Å²) in [6.07, 6.45) is 0. The third-order valence-electron chi connectivity index (χ3n) is 3.79. The molecule has 1 fully saturated rings. The number of rotatable bonds is 0. The molecule has 0 aliphatic carbocycles. The van der Waals surface area contributed by atoms with E-state index in [4.69, 9.17) is 24.4 Å². The zero-order valence-electron chi connectivity index (χ0n) is 13.1. The predicted molar refractivity (Wildman–Crippen MR) is 107 cm³/mol. The molecule has 126 valence electrons. The number of hydrogen-bond acceptors (Lipinski definition) is 7. The smallest absolute Gasteiger partial charge is 0.153 e. The molecule has 2 aliphatic heterocycles. The molecule has 0 saturated carbocycles. The summed E-state index contributed by atoms with van der Waals surface area (Å²) in [5.41, 5.74) is 1.36. The van der Waals surface area contributed by atoms with Crippen LogP contribution in [0.4, 0.5) is 23.3 Å². The van der Waals surface area contributed by atoms with Gasteiger partial charge < -0.3 is 20.3 Å². The summed E-state index contributed by atoms with van der Waals surface area (Å²) in [7, 11) is 0. The quantitative estimate of drug-likeness (QED) is 0.449. The molecule has 3 aromatic heterocycles. The summed E-state index contributed by atoms with van der Waals surface area (Å²) in [5, 5.41) is 3.08. The Morgan fingerprint density at radius 1 is 0.538 bits per heavy atom. The van der Waals surface area contributed by atoms with Crippen molar-refractivity contribution < 1.29 is 0 Å². The monoisotopic (exact) mass is 378 g/mol. The minimum atomic E-state index is 0.459. The van der Waals surface area contributed by atoms with Gasteiger partial charge in [-0.2, -0.15) is 0 Å². The Morgan fingerprint density at radius 2 is 0.962 bits per heavy atom. The Labute approximate surface area is 156 Å². The van der Waals surface area contributed by atoms with Crippen molar-refractivity contribution >= 4 is 69.1 Å². The molecule has 0 spiro atoms. The van der Waals surface area contributed by atoms with Gasteiger partial charge in [0.15, 0.2) is 11.7 Å². The highest BCUT2D eigenvalue weighted by atomic mass is 32.1. The van der Waals surface area contributed by atoms with Gasteiger partial charge in [-0.3, -0.25) is 0 Å². The number of thiocarbonyl (C=S) groups is 2. The van der Waals surface area contributed by atoms with Gasteiger partial charge in [0.2, 0.25) is 0 Å². The minimum Gasteiger partial charge on any atom is -0.325 e. The molecule has 10 heteroatoms. The molecule has 8 bridgehead atoms. The van der Waals surface area contributed by atoms with E-state index in [1.807, 2.05) is 36.4 Å². The summed E-state index contributed by atoms with van der Waals surface area (Å²) in [6.45, 7) is 0. The van der Waals surface area contributed by atoms with Crippen LogP contribution in [-0.2, 0) is 0 Å². The lowest BCUT2D eigenvalue weighted by molar-refractivity contribution is 1.09. The Balaban J connectivity index is 1.74. The van der Waals surface area contributed by atoms with Crippen LogP contribution in [0.15, 0.2) is 56.4 Å². The standard InChI is InChI=1S/C16H10N8S2/c25-13-14(26)16-23-12-6-4-10(21-12)19-8-2-1-7(17-8)18-9-3-5-11(20-9)22-15(13)24-16/h1-6,20-21H,(H,17,18,19)(H,22,23,24). The van der Waals surface area contributed by atoms with Gasteiger partial charge in [0.05, 0.1) is 0 Å². The van der Waals surface area contributed by atoms with Gasteiger partial charge in [0.25, 0.3) is 0 Å². The molecule has 0 amide bonds. The number of fused-ring (bicyclic) bond motifs is 8. The summed E-state index contributed by atoms with van der Waals surface area (Å²) in [6, 6.07) is 11.0. The maximum absolute atomic E-state index is 5.39. The first kappa shape index (κ1) is 15.0. The zero-order valence-corrected chi connectivity index (χ0v) is 14.7. The second-order valence-electron chi connectivity index (χ2n) is 5.61. The fourth-order valence-corrected chi connectivity index (χ4v) is 2.99. The molecule has 26 heavy (non-hydrogen) atoms. The van der Waals surface area contributed by atoms with E-state index < -0.39 is 0 Å². The number of nitrogens with one attached hydrogen (secondary N) is 4. The van der Waals surface area contributed by atoms with Gasteiger partial charge in [0, 0.05) is 0 Å². The van der Waals surface area contributed by atoms with Crippen molar-refractivity contribution in [2.75, 3.05) is 0 Å². The molecule has 2 aliphatic rings. The van der Waals surface area contributed by atoms with Crippen LogP contribution >= 0.6 is 24.4 Å². The highest BCUT2D eigenvalue weighted by molar-refractivity contribution is 7.92. The van der Waals surface area contributed by atoms with Gasteiger partial charge >= 0.3 is 0 Å². The lowest BCUT2D eigenvalue weighted by Gasteiger charge is -1.97. The van der Waals surface area contributed by atoms with E-state index in [1.54, 1.807) is 0 Å². The van der Waals surface area contributed by atoms with Crippen molar-refractivity contribution in [1.82, 2.24) is 20.3 Å². The summed E-state index contributed by atoms with van der Waals surface area (Å²) < 4.78 is 0. The SMILES string of the molecule is S=C1C(=S)C2=Nc3ccc([nH]3)N=c3ccc([nH]3)=Nc3ccc([nH]3)N=C1N2. The normalized spacial score (nSPS) is 15.7. The molecule has 1 saturated heterocycles. The maximum atomic E-state index is 5.39. The van der Waals surface area contributed by atoms with Crippen LogP contribution in [0.2, 0.25) is 0 Å². The van der Waals surface area contributed by atoms with Crippen molar-refractivity contribution in [3.8, 4) is 0 Å². The number of nitrogens with zero attached hydrogens (tertiary/aromatic N) is 4. The topological polar surface area (TPSA) is 109 Å². The number of aromatic nitrogens is 3. The number of hydrogen-bond donors (Lipinski definition) is 4. The van der Waals surface area contributed by atoms with Gasteiger partial charge in [-0.15, -0.1) is 0 Å². The van der Waals surface area contributed by atoms with Crippen LogP contribution < -0.4 is 16.3 Å². The Kier molecular flexibility index (Phi) is 3.27. The zero-order chi connectivity index (χ0) is 17.7. The third kappa shape index (κ3) is 2.61. The molecule has 5 heterocycles. The van der Waals surface area contributed by atoms with Crippen LogP contribution in [0.1, 0.15) is 0 Å². The summed E-state index contributed by atoms with van der Waals surface area (Å²) in [4.78, 5) is 28.3. The van der Waals surface area contributed by atoms with Crippen molar-refractivity contribution in [3.05, 3.63) is 47.4 Å². The van der Waals surface area contributed by atoms with E-state index >= 15 is 0 Å². The molecule has 0 radical (unpaired) electrons. The van der Waals surface area contributed by atoms with Crippen LogP contribution in [0.25, 0.3) is 0 Å². The molecule has 4 N–H and O–H groups in total. The van der Waals surface area contributed by atoms with E-state index in [2.05, 4.69) is 40.2 Å². The van der Waals surface area contributed by atoms with Crippen LogP contribution in [-0.4, -0.2) is 36.4 Å². The summed E-state index contributed by atoms with van der Waals surface area (Å²) in [5.74, 6) is 3.53.